The fourth-order valence-corrected chi connectivity index (χ4v) is 0.429. The first kappa shape index (κ1) is 16.4. The zero-order valence-electron chi connectivity index (χ0n) is 8.00. The summed E-state index contributed by atoms with van der Waals surface area (Å²) in [5, 5.41) is 8.26. The molecule has 8 heteroatoms. The fourth-order valence-electron chi connectivity index (χ4n) is 0.429. The van der Waals surface area contributed by atoms with Gasteiger partial charge in [0.2, 0.25) is 0 Å². The Bertz CT molecular complexity index is 131. The van der Waals surface area contributed by atoms with E-state index < -0.39 is 7.82 Å². The van der Waals surface area contributed by atoms with E-state index in [0.717, 1.165) is 6.61 Å². The van der Waals surface area contributed by atoms with Gasteiger partial charge in [-0.3, -0.25) is 0 Å². The molecule has 14 heavy (non-hydrogen) atoms. The van der Waals surface area contributed by atoms with Crippen molar-refractivity contribution in [3.8, 4) is 0 Å². The van der Waals surface area contributed by atoms with Crippen molar-refractivity contribution in [3.63, 3.8) is 0 Å². The molecule has 0 heterocycles. The molecule has 0 aliphatic heterocycles. The first-order valence-electron chi connectivity index (χ1n) is 3.96. The van der Waals surface area contributed by atoms with Crippen LogP contribution in [0.5, 0.6) is 0 Å². The van der Waals surface area contributed by atoms with E-state index >= 15 is 0 Å². The first-order chi connectivity index (χ1) is 6.41. The molecule has 0 saturated heterocycles. The van der Waals surface area contributed by atoms with Crippen LogP contribution in [-0.4, -0.2) is 52.8 Å². The van der Waals surface area contributed by atoms with E-state index in [9.17, 15) is 0 Å². The quantitative estimate of drug-likeness (QED) is 0.346. The minimum absolute atomic E-state index is 0.0894. The first-order valence-corrected chi connectivity index (χ1v) is 5.53. The Morgan fingerprint density at radius 1 is 1.07 bits per heavy atom. The van der Waals surface area contributed by atoms with Crippen molar-refractivity contribution in [2.75, 3.05) is 33.0 Å². The van der Waals surface area contributed by atoms with Gasteiger partial charge in [0.05, 0.1) is 26.4 Å². The lowest BCUT2D eigenvalue weighted by molar-refractivity contribution is 0.0370. The van der Waals surface area contributed by atoms with E-state index in [1.807, 2.05) is 6.92 Å². The van der Waals surface area contributed by atoms with Crippen LogP contribution in [-0.2, 0) is 14.0 Å². The Balaban J connectivity index is 0. The molecule has 0 spiro atoms. The van der Waals surface area contributed by atoms with Crippen LogP contribution in [0.15, 0.2) is 0 Å². The van der Waals surface area contributed by atoms with Crippen molar-refractivity contribution in [2.45, 2.75) is 6.92 Å². The largest absolute Gasteiger partial charge is 0.466 e. The Kier molecular flexibility index (Phi) is 13.0. The van der Waals surface area contributed by atoms with Crippen LogP contribution in [0.4, 0.5) is 0 Å². The van der Waals surface area contributed by atoms with Crippen molar-refractivity contribution in [2.24, 2.45) is 0 Å². The third-order valence-electron chi connectivity index (χ3n) is 0.812. The molecule has 0 saturated carbocycles. The molecular formula is C6H17O7P. The summed E-state index contributed by atoms with van der Waals surface area (Å²) in [5.41, 5.74) is 0. The van der Waals surface area contributed by atoms with Crippen LogP contribution < -0.4 is 0 Å². The Hall–Kier alpha value is -0.0100. The molecule has 0 rings (SSSR count). The second-order valence-electron chi connectivity index (χ2n) is 2.05. The van der Waals surface area contributed by atoms with Crippen LogP contribution in [0, 0.1) is 0 Å². The van der Waals surface area contributed by atoms with Gasteiger partial charge in [-0.2, -0.15) is 0 Å². The van der Waals surface area contributed by atoms with Gasteiger partial charge in [0.1, 0.15) is 0 Å². The smallest absolute Gasteiger partial charge is 0.394 e. The summed E-state index contributed by atoms with van der Waals surface area (Å²) in [5.74, 6) is 0. The molecule has 0 fully saturated rings. The van der Waals surface area contributed by atoms with Gasteiger partial charge in [0.25, 0.3) is 0 Å². The van der Waals surface area contributed by atoms with Gasteiger partial charge >= 0.3 is 7.82 Å². The zero-order valence-corrected chi connectivity index (χ0v) is 8.89. The maximum atomic E-state index is 8.88. The molecule has 0 radical (unpaired) electrons. The maximum Gasteiger partial charge on any atom is 0.466 e. The van der Waals surface area contributed by atoms with Crippen molar-refractivity contribution in [1.29, 1.82) is 0 Å². The van der Waals surface area contributed by atoms with E-state index in [2.05, 4.69) is 0 Å². The second-order valence-corrected chi connectivity index (χ2v) is 3.07. The van der Waals surface area contributed by atoms with Crippen LogP contribution in [0.1, 0.15) is 6.92 Å². The van der Waals surface area contributed by atoms with E-state index in [-0.39, 0.29) is 6.61 Å². The lowest BCUT2D eigenvalue weighted by Crippen LogP contribution is -2.06. The number of hydrogen-bond acceptors (Lipinski definition) is 4. The molecule has 0 aromatic carbocycles. The highest BCUT2D eigenvalue weighted by atomic mass is 31.2. The summed E-state index contributed by atoms with van der Waals surface area (Å²) in [6.45, 7) is 4.36. The molecule has 0 atom stereocenters. The van der Waals surface area contributed by atoms with Crippen LogP contribution in [0.3, 0.4) is 0 Å². The third kappa shape index (κ3) is 40.4. The highest BCUT2D eigenvalue weighted by Gasteiger charge is 2.00. The molecule has 4 N–H and O–H groups in total. The maximum absolute atomic E-state index is 8.88. The normalized spacial score (nSPS) is 10.6. The third-order valence-corrected chi connectivity index (χ3v) is 0.812. The van der Waals surface area contributed by atoms with Crippen molar-refractivity contribution in [3.05, 3.63) is 0 Å². The number of aliphatic hydroxyl groups is 1. The standard InChI is InChI=1S/C6H14O3.H3O4P/c1-2-8-5-6-9-4-3-7;1-5(2,3)4/h7H,2-6H2,1H3;(H3,1,2,3,4). The zero-order chi connectivity index (χ0) is 11.4. The van der Waals surface area contributed by atoms with E-state index in [1.165, 1.54) is 0 Å². The molecule has 0 aromatic rings. The molecule has 7 nitrogen and oxygen atoms in total. The lowest BCUT2D eigenvalue weighted by atomic mass is 10.7. The summed E-state index contributed by atoms with van der Waals surface area (Å²) in [4.78, 5) is 21.6. The van der Waals surface area contributed by atoms with Gasteiger partial charge in [-0.05, 0) is 6.92 Å². The minimum Gasteiger partial charge on any atom is -0.394 e. The molecule has 0 unspecified atom stereocenters. The fraction of sp³-hybridized carbons (Fsp3) is 1.00. The molecule has 0 aliphatic rings. The average Bonchev–Trinajstić information content (AvgIpc) is 2.01. The molecular weight excluding hydrogens is 215 g/mol. The van der Waals surface area contributed by atoms with Gasteiger partial charge in [0, 0.05) is 6.61 Å². The number of rotatable bonds is 6. The highest BCUT2D eigenvalue weighted by molar-refractivity contribution is 7.45. The summed E-state index contributed by atoms with van der Waals surface area (Å²) < 4.78 is 18.8. The number of aliphatic hydroxyl groups excluding tert-OH is 1. The monoisotopic (exact) mass is 232 g/mol. The predicted molar refractivity (Wildman–Crippen MR) is 48.7 cm³/mol. The lowest BCUT2D eigenvalue weighted by Gasteiger charge is -2.00. The van der Waals surface area contributed by atoms with E-state index in [1.54, 1.807) is 0 Å². The Morgan fingerprint density at radius 2 is 1.50 bits per heavy atom. The summed E-state index contributed by atoms with van der Waals surface area (Å²) >= 11 is 0. The Morgan fingerprint density at radius 3 is 1.86 bits per heavy atom. The predicted octanol–water partition coefficient (Wildman–Crippen LogP) is -0.897. The average molecular weight is 232 g/mol. The van der Waals surface area contributed by atoms with Gasteiger partial charge in [-0.15, -0.1) is 0 Å². The summed E-state index contributed by atoms with van der Waals surface area (Å²) in [6, 6.07) is 0. The number of phosphoric acid groups is 1. The van der Waals surface area contributed by atoms with Crippen molar-refractivity contribution >= 4 is 7.82 Å². The van der Waals surface area contributed by atoms with Gasteiger partial charge in [0.15, 0.2) is 0 Å². The summed E-state index contributed by atoms with van der Waals surface area (Å²) in [7, 11) is -4.64. The van der Waals surface area contributed by atoms with Crippen LogP contribution in [0.2, 0.25) is 0 Å². The molecule has 0 bridgehead atoms. The van der Waals surface area contributed by atoms with Crippen molar-refractivity contribution in [1.82, 2.24) is 0 Å². The molecule has 0 amide bonds. The number of hydrogen-bond donors (Lipinski definition) is 4. The van der Waals surface area contributed by atoms with Gasteiger partial charge in [-0.1, -0.05) is 0 Å². The molecule has 88 valence electrons. The molecule has 0 aliphatic carbocycles. The van der Waals surface area contributed by atoms with Gasteiger partial charge in [-0.25, -0.2) is 4.57 Å². The van der Waals surface area contributed by atoms with Crippen LogP contribution >= 0.6 is 7.82 Å². The summed E-state index contributed by atoms with van der Waals surface area (Å²) in [6.07, 6.45) is 0. The minimum atomic E-state index is -4.64. The number of ether oxygens (including phenoxy) is 2. The SMILES string of the molecule is CCOCCOCCO.O=P(O)(O)O. The topological polar surface area (TPSA) is 116 Å². The van der Waals surface area contributed by atoms with E-state index in [4.69, 9.17) is 33.8 Å². The molecule has 0 aromatic heterocycles. The van der Waals surface area contributed by atoms with Crippen molar-refractivity contribution < 1.29 is 33.8 Å². The van der Waals surface area contributed by atoms with E-state index in [0.29, 0.717) is 19.8 Å². The second kappa shape index (κ2) is 11.1. The Labute approximate surface area is 82.5 Å². The van der Waals surface area contributed by atoms with Gasteiger partial charge < -0.3 is 29.3 Å². The highest BCUT2D eigenvalue weighted by Crippen LogP contribution is 2.25. The van der Waals surface area contributed by atoms with Crippen LogP contribution in [0.25, 0.3) is 0 Å².